The van der Waals surface area contributed by atoms with Gasteiger partial charge in [-0.2, -0.15) is 4.80 Å². The zero-order valence-corrected chi connectivity index (χ0v) is 7.23. The lowest BCUT2D eigenvalue weighted by molar-refractivity contribution is 0.0324. The summed E-state index contributed by atoms with van der Waals surface area (Å²) in [6, 6.07) is 0. The molecule has 12 heavy (non-hydrogen) atoms. The van der Waals surface area contributed by atoms with Crippen LogP contribution in [0.15, 0.2) is 0 Å². The molecule has 68 valence electrons. The Hall–Kier alpha value is -1.01. The van der Waals surface area contributed by atoms with E-state index in [0.717, 1.165) is 0 Å². The summed E-state index contributed by atoms with van der Waals surface area (Å²) >= 11 is 0. The Kier molecular flexibility index (Phi) is 2.39. The number of aliphatic hydroxyl groups is 1. The number of hydrogen-bond acceptors (Lipinski definition) is 5. The molecule has 0 fully saturated rings. The summed E-state index contributed by atoms with van der Waals surface area (Å²) in [5.41, 5.74) is 4.26. The minimum absolute atomic E-state index is 0.106. The van der Waals surface area contributed by atoms with Crippen molar-refractivity contribution in [2.75, 3.05) is 6.54 Å². The van der Waals surface area contributed by atoms with Gasteiger partial charge in [-0.1, -0.05) is 6.92 Å². The molecule has 0 radical (unpaired) electrons. The molecule has 1 aromatic rings. The minimum Gasteiger partial charge on any atom is -0.380 e. The number of aryl methyl sites for hydroxylation is 1. The van der Waals surface area contributed by atoms with Crippen LogP contribution in [0.5, 0.6) is 0 Å². The fourth-order valence-corrected chi connectivity index (χ4v) is 0.864. The Morgan fingerprint density at radius 1 is 1.67 bits per heavy atom. The quantitative estimate of drug-likeness (QED) is 0.594. The Balaban J connectivity index is 2.94. The van der Waals surface area contributed by atoms with E-state index in [1.54, 1.807) is 7.05 Å². The Morgan fingerprint density at radius 2 is 2.33 bits per heavy atom. The predicted octanol–water partition coefficient (Wildman–Crippen LogP) is -1.23. The van der Waals surface area contributed by atoms with Gasteiger partial charge in [0.05, 0.1) is 7.05 Å². The molecule has 1 aromatic heterocycles. The van der Waals surface area contributed by atoms with E-state index in [-0.39, 0.29) is 12.4 Å². The molecule has 0 bridgehead atoms. The molecule has 0 amide bonds. The first-order valence-electron chi connectivity index (χ1n) is 3.79. The van der Waals surface area contributed by atoms with Crippen LogP contribution in [0.25, 0.3) is 0 Å². The summed E-state index contributed by atoms with van der Waals surface area (Å²) < 4.78 is 0. The van der Waals surface area contributed by atoms with E-state index >= 15 is 0 Å². The monoisotopic (exact) mass is 171 g/mol. The van der Waals surface area contributed by atoms with Crippen molar-refractivity contribution >= 4 is 0 Å². The SMILES string of the molecule is CCC(O)(CN)c1nnn(C)n1. The average molecular weight is 171 g/mol. The number of rotatable bonds is 3. The van der Waals surface area contributed by atoms with Crippen molar-refractivity contribution < 1.29 is 5.11 Å². The maximum Gasteiger partial charge on any atom is 0.207 e. The van der Waals surface area contributed by atoms with Gasteiger partial charge in [-0.05, 0) is 11.6 Å². The van der Waals surface area contributed by atoms with E-state index in [0.29, 0.717) is 6.42 Å². The van der Waals surface area contributed by atoms with Gasteiger partial charge < -0.3 is 10.8 Å². The Morgan fingerprint density at radius 3 is 2.67 bits per heavy atom. The molecular weight excluding hydrogens is 158 g/mol. The molecule has 0 spiro atoms. The van der Waals surface area contributed by atoms with E-state index < -0.39 is 5.60 Å². The van der Waals surface area contributed by atoms with Gasteiger partial charge in [0.2, 0.25) is 5.82 Å². The lowest BCUT2D eigenvalue weighted by atomic mass is 10.0. The standard InChI is InChI=1S/C6H13N5O/c1-3-6(12,4-7)5-8-10-11(2)9-5/h12H,3-4,7H2,1-2H3. The van der Waals surface area contributed by atoms with Crippen molar-refractivity contribution in [3.05, 3.63) is 5.82 Å². The molecule has 0 saturated carbocycles. The second kappa shape index (κ2) is 3.16. The zero-order valence-electron chi connectivity index (χ0n) is 7.23. The van der Waals surface area contributed by atoms with Gasteiger partial charge in [0.25, 0.3) is 0 Å². The van der Waals surface area contributed by atoms with E-state index in [2.05, 4.69) is 15.4 Å². The van der Waals surface area contributed by atoms with E-state index in [9.17, 15) is 5.11 Å². The van der Waals surface area contributed by atoms with Crippen molar-refractivity contribution in [1.82, 2.24) is 20.2 Å². The molecule has 6 heteroatoms. The number of nitrogens with two attached hydrogens (primary N) is 1. The van der Waals surface area contributed by atoms with Gasteiger partial charge in [-0.15, -0.1) is 10.2 Å². The molecule has 1 atom stereocenters. The zero-order chi connectivity index (χ0) is 9.19. The van der Waals surface area contributed by atoms with Crippen LogP contribution >= 0.6 is 0 Å². The van der Waals surface area contributed by atoms with Crippen LogP contribution in [0.1, 0.15) is 19.2 Å². The largest absolute Gasteiger partial charge is 0.380 e. The first kappa shape index (κ1) is 9.08. The lowest BCUT2D eigenvalue weighted by Gasteiger charge is -2.19. The topological polar surface area (TPSA) is 89.9 Å². The molecule has 1 unspecified atom stereocenters. The molecule has 0 aliphatic heterocycles. The van der Waals surface area contributed by atoms with Crippen LogP contribution in [0.3, 0.4) is 0 Å². The Bertz CT molecular complexity index is 254. The van der Waals surface area contributed by atoms with E-state index in [1.165, 1.54) is 4.80 Å². The summed E-state index contributed by atoms with van der Waals surface area (Å²) in [7, 11) is 1.64. The van der Waals surface area contributed by atoms with Crippen LogP contribution in [0, 0.1) is 0 Å². The number of hydrogen-bond donors (Lipinski definition) is 2. The fourth-order valence-electron chi connectivity index (χ4n) is 0.864. The third-order valence-electron chi connectivity index (χ3n) is 1.85. The lowest BCUT2D eigenvalue weighted by Crippen LogP contribution is -2.35. The van der Waals surface area contributed by atoms with Gasteiger partial charge >= 0.3 is 0 Å². The van der Waals surface area contributed by atoms with Gasteiger partial charge in [0, 0.05) is 6.54 Å². The van der Waals surface area contributed by atoms with E-state index in [1.807, 2.05) is 6.92 Å². The summed E-state index contributed by atoms with van der Waals surface area (Å²) in [6.07, 6.45) is 0.481. The van der Waals surface area contributed by atoms with Crippen molar-refractivity contribution in [2.45, 2.75) is 18.9 Å². The molecule has 0 aliphatic rings. The van der Waals surface area contributed by atoms with Crippen LogP contribution in [-0.2, 0) is 12.6 Å². The summed E-state index contributed by atoms with van der Waals surface area (Å²) in [4.78, 5) is 1.30. The maximum absolute atomic E-state index is 9.81. The normalized spacial score (nSPS) is 16.0. The molecule has 3 N–H and O–H groups in total. The van der Waals surface area contributed by atoms with Gasteiger partial charge in [0.15, 0.2) is 0 Å². The second-order valence-corrected chi connectivity index (χ2v) is 2.69. The highest BCUT2D eigenvalue weighted by Crippen LogP contribution is 2.18. The van der Waals surface area contributed by atoms with Crippen molar-refractivity contribution in [3.63, 3.8) is 0 Å². The summed E-state index contributed by atoms with van der Waals surface area (Å²) in [5, 5.41) is 21.0. The smallest absolute Gasteiger partial charge is 0.207 e. The number of aromatic nitrogens is 4. The highest BCUT2D eigenvalue weighted by atomic mass is 16.3. The van der Waals surface area contributed by atoms with Crippen molar-refractivity contribution in [1.29, 1.82) is 0 Å². The van der Waals surface area contributed by atoms with Crippen LogP contribution in [0.4, 0.5) is 0 Å². The maximum atomic E-state index is 9.81. The molecule has 0 aliphatic carbocycles. The first-order chi connectivity index (χ1) is 5.62. The van der Waals surface area contributed by atoms with Crippen molar-refractivity contribution in [3.8, 4) is 0 Å². The van der Waals surface area contributed by atoms with Gasteiger partial charge in [-0.3, -0.25) is 0 Å². The third kappa shape index (κ3) is 1.44. The second-order valence-electron chi connectivity index (χ2n) is 2.69. The molecule has 1 heterocycles. The molecular formula is C6H13N5O. The number of tetrazole rings is 1. The first-order valence-corrected chi connectivity index (χ1v) is 3.79. The van der Waals surface area contributed by atoms with Gasteiger partial charge in [-0.25, -0.2) is 0 Å². The number of nitrogens with zero attached hydrogens (tertiary/aromatic N) is 4. The third-order valence-corrected chi connectivity index (χ3v) is 1.85. The average Bonchev–Trinajstić information content (AvgIpc) is 2.51. The molecule has 0 saturated heterocycles. The summed E-state index contributed by atoms with van der Waals surface area (Å²) in [5.74, 6) is 0.287. The van der Waals surface area contributed by atoms with Crippen LogP contribution in [0.2, 0.25) is 0 Å². The van der Waals surface area contributed by atoms with Crippen LogP contribution in [-0.4, -0.2) is 31.9 Å². The molecule has 1 rings (SSSR count). The minimum atomic E-state index is -1.13. The Labute approximate surface area is 70.4 Å². The van der Waals surface area contributed by atoms with E-state index in [4.69, 9.17) is 5.73 Å². The highest BCUT2D eigenvalue weighted by molar-refractivity contribution is 4.97. The fraction of sp³-hybridized carbons (Fsp3) is 0.833. The van der Waals surface area contributed by atoms with Crippen molar-refractivity contribution in [2.24, 2.45) is 12.8 Å². The predicted molar refractivity (Wildman–Crippen MR) is 42.0 cm³/mol. The highest BCUT2D eigenvalue weighted by Gasteiger charge is 2.30. The van der Waals surface area contributed by atoms with Crippen LogP contribution < -0.4 is 5.73 Å². The summed E-state index contributed by atoms with van der Waals surface area (Å²) in [6.45, 7) is 1.93. The molecule has 0 aromatic carbocycles. The van der Waals surface area contributed by atoms with Gasteiger partial charge in [0.1, 0.15) is 5.60 Å². The molecule has 6 nitrogen and oxygen atoms in total.